The van der Waals surface area contributed by atoms with Crippen molar-refractivity contribution in [2.45, 2.75) is 18.7 Å². The molecule has 0 unspecified atom stereocenters. The summed E-state index contributed by atoms with van der Waals surface area (Å²) in [6.07, 6.45) is 0. The third-order valence-corrected chi connectivity index (χ3v) is 4.53. The Hall–Kier alpha value is -2.78. The molecule has 1 amide bonds. The van der Waals surface area contributed by atoms with Crippen LogP contribution in [0.2, 0.25) is 0 Å². The number of hydrogen-bond acceptors (Lipinski definition) is 5. The van der Waals surface area contributed by atoms with Crippen LogP contribution in [0.4, 0.5) is 5.69 Å². The van der Waals surface area contributed by atoms with E-state index in [9.17, 15) is 23.3 Å². The lowest BCUT2D eigenvalue weighted by atomic mass is 10.0. The molecule has 9 heteroatoms. The summed E-state index contributed by atoms with van der Waals surface area (Å²) in [5.74, 6) is -0.540. The van der Waals surface area contributed by atoms with Crippen LogP contribution in [0.5, 0.6) is 0 Å². The fourth-order valence-corrected chi connectivity index (χ4v) is 2.90. The van der Waals surface area contributed by atoms with E-state index in [2.05, 4.69) is 0 Å². The second kappa shape index (κ2) is 6.77. The van der Waals surface area contributed by atoms with Crippen LogP contribution in [-0.2, 0) is 14.8 Å². The number of nitrogens with one attached hydrogen (secondary N) is 2. The Kier molecular flexibility index (Phi) is 4.96. The van der Waals surface area contributed by atoms with E-state index >= 15 is 0 Å². The minimum atomic E-state index is -3.87. The van der Waals surface area contributed by atoms with Gasteiger partial charge in [-0.15, -0.1) is 4.83 Å². The molecule has 0 aromatic heterocycles. The van der Waals surface area contributed by atoms with Gasteiger partial charge in [0.2, 0.25) is 5.91 Å². The van der Waals surface area contributed by atoms with E-state index < -0.39 is 20.9 Å². The Bertz CT molecular complexity index is 892. The van der Waals surface area contributed by atoms with E-state index in [1.165, 1.54) is 37.3 Å². The van der Waals surface area contributed by atoms with Crippen LogP contribution in [0.25, 0.3) is 11.1 Å². The molecule has 2 aromatic carbocycles. The Morgan fingerprint density at radius 2 is 1.67 bits per heavy atom. The fraction of sp³-hybridized carbons (Fsp3) is 0.133. The van der Waals surface area contributed by atoms with E-state index in [0.717, 1.165) is 0 Å². The van der Waals surface area contributed by atoms with Crippen LogP contribution in [-0.4, -0.2) is 19.2 Å². The highest BCUT2D eigenvalue weighted by molar-refractivity contribution is 7.89. The molecule has 0 fully saturated rings. The summed E-state index contributed by atoms with van der Waals surface area (Å²) >= 11 is 0. The summed E-state index contributed by atoms with van der Waals surface area (Å²) < 4.78 is 23.9. The van der Waals surface area contributed by atoms with Gasteiger partial charge in [0.05, 0.1) is 9.82 Å². The standard InChI is InChI=1S/C15H15N3O5S/c1-10-3-4-13(9-15(10)18(20)21)12-5-7-14(8-6-12)24(22,23)17-16-11(2)19/h3-9,17H,1-2H3,(H,16,19). The van der Waals surface area contributed by atoms with Gasteiger partial charge in [0.25, 0.3) is 15.7 Å². The van der Waals surface area contributed by atoms with E-state index in [1.54, 1.807) is 19.1 Å². The predicted molar refractivity (Wildman–Crippen MR) is 87.4 cm³/mol. The highest BCUT2D eigenvalue weighted by Crippen LogP contribution is 2.27. The highest BCUT2D eigenvalue weighted by atomic mass is 32.2. The van der Waals surface area contributed by atoms with Crippen molar-refractivity contribution < 1.29 is 18.1 Å². The first-order valence-corrected chi connectivity index (χ1v) is 8.33. The van der Waals surface area contributed by atoms with Crippen LogP contribution in [0.15, 0.2) is 47.4 Å². The molecule has 24 heavy (non-hydrogen) atoms. The van der Waals surface area contributed by atoms with Gasteiger partial charge < -0.3 is 0 Å². The average molecular weight is 349 g/mol. The van der Waals surface area contributed by atoms with Crippen molar-refractivity contribution in [3.8, 4) is 11.1 Å². The largest absolute Gasteiger partial charge is 0.278 e. The fourth-order valence-electron chi connectivity index (χ4n) is 2.01. The first-order chi connectivity index (χ1) is 11.2. The maximum atomic E-state index is 12.0. The molecule has 0 aliphatic rings. The molecule has 0 heterocycles. The van der Waals surface area contributed by atoms with Crippen LogP contribution >= 0.6 is 0 Å². The molecule has 126 valence electrons. The first kappa shape index (κ1) is 17.6. The number of nitro benzene ring substituents is 1. The van der Waals surface area contributed by atoms with Gasteiger partial charge >= 0.3 is 0 Å². The van der Waals surface area contributed by atoms with Crippen LogP contribution in [0.3, 0.4) is 0 Å². The van der Waals surface area contributed by atoms with Crippen LogP contribution < -0.4 is 10.3 Å². The second-order valence-corrected chi connectivity index (χ2v) is 6.75. The third-order valence-electron chi connectivity index (χ3n) is 3.27. The van der Waals surface area contributed by atoms with Crippen LogP contribution in [0, 0.1) is 17.0 Å². The topological polar surface area (TPSA) is 118 Å². The molecule has 0 spiro atoms. The molecule has 2 rings (SSSR count). The Balaban J connectivity index is 2.31. The number of amides is 1. The number of rotatable bonds is 5. The van der Waals surface area contributed by atoms with Crippen molar-refractivity contribution in [3.05, 3.63) is 58.1 Å². The number of nitrogens with zero attached hydrogens (tertiary/aromatic N) is 1. The number of hydrazine groups is 1. The van der Waals surface area contributed by atoms with Gasteiger partial charge in [0.15, 0.2) is 0 Å². The molecule has 0 saturated heterocycles. The maximum Gasteiger partial charge on any atom is 0.272 e. The average Bonchev–Trinajstić information content (AvgIpc) is 2.53. The molecular weight excluding hydrogens is 334 g/mol. The lowest BCUT2D eigenvalue weighted by Gasteiger charge is -2.08. The molecule has 0 atom stereocenters. The summed E-state index contributed by atoms with van der Waals surface area (Å²) in [4.78, 5) is 23.2. The Morgan fingerprint density at radius 1 is 1.08 bits per heavy atom. The quantitative estimate of drug-likeness (QED) is 0.631. The van der Waals surface area contributed by atoms with E-state index in [4.69, 9.17) is 0 Å². The van der Waals surface area contributed by atoms with Gasteiger partial charge in [-0.2, -0.15) is 0 Å². The number of aryl methyl sites for hydroxylation is 1. The van der Waals surface area contributed by atoms with Crippen molar-refractivity contribution in [1.29, 1.82) is 0 Å². The molecular formula is C15H15N3O5S. The zero-order valence-corrected chi connectivity index (χ0v) is 13.8. The van der Waals surface area contributed by atoms with Gasteiger partial charge in [0.1, 0.15) is 0 Å². The van der Waals surface area contributed by atoms with Crippen molar-refractivity contribution in [2.75, 3.05) is 0 Å². The summed E-state index contributed by atoms with van der Waals surface area (Å²) in [5, 5.41) is 11.0. The lowest BCUT2D eigenvalue weighted by molar-refractivity contribution is -0.385. The number of nitro groups is 1. The van der Waals surface area contributed by atoms with Gasteiger partial charge in [-0.25, -0.2) is 8.42 Å². The molecule has 0 radical (unpaired) electrons. The van der Waals surface area contributed by atoms with Crippen molar-refractivity contribution >= 4 is 21.6 Å². The number of carbonyl (C=O) groups excluding carboxylic acids is 1. The maximum absolute atomic E-state index is 12.0. The zero-order valence-electron chi connectivity index (χ0n) is 12.9. The third kappa shape index (κ3) is 3.94. The van der Waals surface area contributed by atoms with Gasteiger partial charge in [-0.05, 0) is 30.2 Å². The zero-order chi connectivity index (χ0) is 17.9. The van der Waals surface area contributed by atoms with E-state index in [1.807, 2.05) is 10.3 Å². The molecule has 0 aliphatic carbocycles. The van der Waals surface area contributed by atoms with Crippen molar-refractivity contribution in [3.63, 3.8) is 0 Å². The first-order valence-electron chi connectivity index (χ1n) is 6.84. The normalized spacial score (nSPS) is 11.1. The summed E-state index contributed by atoms with van der Waals surface area (Å²) in [5.41, 5.74) is 3.78. The summed E-state index contributed by atoms with van der Waals surface area (Å²) in [7, 11) is -3.87. The van der Waals surface area contributed by atoms with Gasteiger partial charge in [0, 0.05) is 18.6 Å². The minimum Gasteiger partial charge on any atom is -0.278 e. The SMILES string of the molecule is CC(=O)NNS(=O)(=O)c1ccc(-c2ccc(C)c([N+](=O)[O-])c2)cc1. The summed E-state index contributed by atoms with van der Waals surface area (Å²) in [6, 6.07) is 10.6. The monoisotopic (exact) mass is 349 g/mol. The highest BCUT2D eigenvalue weighted by Gasteiger charge is 2.15. The molecule has 0 saturated carbocycles. The molecule has 2 aromatic rings. The minimum absolute atomic E-state index is 0.00322. The number of benzene rings is 2. The van der Waals surface area contributed by atoms with E-state index in [-0.39, 0.29) is 10.6 Å². The molecule has 0 bridgehead atoms. The van der Waals surface area contributed by atoms with Gasteiger partial charge in [-0.3, -0.25) is 20.3 Å². The second-order valence-electron chi connectivity index (χ2n) is 5.07. The molecule has 2 N–H and O–H groups in total. The Labute approximate surface area is 138 Å². The molecule has 8 nitrogen and oxygen atoms in total. The van der Waals surface area contributed by atoms with Crippen molar-refractivity contribution in [2.24, 2.45) is 0 Å². The van der Waals surface area contributed by atoms with E-state index in [0.29, 0.717) is 16.7 Å². The molecule has 0 aliphatic heterocycles. The predicted octanol–water partition coefficient (Wildman–Crippen LogP) is 1.90. The van der Waals surface area contributed by atoms with Crippen LogP contribution in [0.1, 0.15) is 12.5 Å². The summed E-state index contributed by atoms with van der Waals surface area (Å²) in [6.45, 7) is 2.82. The number of carbonyl (C=O) groups is 1. The number of sulfonamides is 1. The Morgan fingerprint density at radius 3 is 2.21 bits per heavy atom. The van der Waals surface area contributed by atoms with Crippen molar-refractivity contribution in [1.82, 2.24) is 10.3 Å². The van der Waals surface area contributed by atoms with Gasteiger partial charge in [-0.1, -0.05) is 24.3 Å². The lowest BCUT2D eigenvalue weighted by Crippen LogP contribution is -2.40. The number of hydrogen-bond donors (Lipinski definition) is 2. The smallest absolute Gasteiger partial charge is 0.272 e.